The van der Waals surface area contributed by atoms with Gasteiger partial charge in [0.05, 0.1) is 10.9 Å². The molecule has 0 aromatic heterocycles. The molecule has 6 heteroatoms. The first-order valence-electron chi connectivity index (χ1n) is 10.2. The van der Waals surface area contributed by atoms with Gasteiger partial charge in [0.1, 0.15) is 0 Å². The lowest BCUT2D eigenvalue weighted by atomic mass is 10.1. The summed E-state index contributed by atoms with van der Waals surface area (Å²) in [6, 6.07) is 21.8. The fourth-order valence-corrected chi connectivity index (χ4v) is 4.37. The Morgan fingerprint density at radius 2 is 1.39 bits per heavy atom. The Hall–Kier alpha value is -2.96. The predicted octanol–water partition coefficient (Wildman–Crippen LogP) is 4.62. The standard InChI is InChI=1S/C25H28N2O3S/c1-18-5-11-22(12-6-18)20(3)26-25(28)23-13-9-21(10-14-23)17-27(4)31(29,30)24-15-7-19(2)8-16-24/h5-16,20H,17H2,1-4H3,(H,26,28)/t20-/m1/s1. The molecule has 0 saturated carbocycles. The topological polar surface area (TPSA) is 66.5 Å². The first kappa shape index (κ1) is 22.7. The molecule has 0 aliphatic rings. The monoisotopic (exact) mass is 436 g/mol. The van der Waals surface area contributed by atoms with Crippen LogP contribution in [0, 0.1) is 13.8 Å². The van der Waals surface area contributed by atoms with Crippen molar-refractivity contribution in [2.45, 2.75) is 38.3 Å². The molecule has 1 amide bonds. The van der Waals surface area contributed by atoms with Crippen LogP contribution in [0.1, 0.15) is 45.6 Å². The van der Waals surface area contributed by atoms with Crippen LogP contribution in [0.25, 0.3) is 0 Å². The summed E-state index contributed by atoms with van der Waals surface area (Å²) in [5.41, 5.74) is 4.56. The van der Waals surface area contributed by atoms with Crippen LogP contribution in [0.15, 0.2) is 77.7 Å². The van der Waals surface area contributed by atoms with E-state index in [9.17, 15) is 13.2 Å². The number of carbonyl (C=O) groups excluding carboxylic acids is 1. The zero-order valence-corrected chi connectivity index (χ0v) is 19.1. The molecule has 0 aliphatic heterocycles. The fourth-order valence-electron chi connectivity index (χ4n) is 3.21. The summed E-state index contributed by atoms with van der Waals surface area (Å²) >= 11 is 0. The maximum Gasteiger partial charge on any atom is 0.251 e. The molecule has 0 spiro atoms. The normalized spacial score (nSPS) is 12.5. The fraction of sp³-hybridized carbons (Fsp3) is 0.240. The number of hydrogen-bond acceptors (Lipinski definition) is 3. The predicted molar refractivity (Wildman–Crippen MR) is 123 cm³/mol. The van der Waals surface area contributed by atoms with E-state index in [0.717, 1.165) is 16.7 Å². The summed E-state index contributed by atoms with van der Waals surface area (Å²) in [6.07, 6.45) is 0. The van der Waals surface area contributed by atoms with Crippen molar-refractivity contribution in [1.29, 1.82) is 0 Å². The molecular formula is C25H28N2O3S. The maximum absolute atomic E-state index is 12.8. The highest BCUT2D eigenvalue weighted by atomic mass is 32.2. The van der Waals surface area contributed by atoms with Crippen molar-refractivity contribution in [3.05, 3.63) is 101 Å². The van der Waals surface area contributed by atoms with Gasteiger partial charge in [-0.1, -0.05) is 59.7 Å². The Morgan fingerprint density at radius 3 is 1.94 bits per heavy atom. The zero-order valence-electron chi connectivity index (χ0n) is 18.3. The van der Waals surface area contributed by atoms with Gasteiger partial charge in [0.2, 0.25) is 10.0 Å². The van der Waals surface area contributed by atoms with Crippen molar-refractivity contribution >= 4 is 15.9 Å². The van der Waals surface area contributed by atoms with E-state index in [1.54, 1.807) is 55.6 Å². The van der Waals surface area contributed by atoms with Gasteiger partial charge < -0.3 is 5.32 Å². The van der Waals surface area contributed by atoms with Crippen molar-refractivity contribution in [3.63, 3.8) is 0 Å². The van der Waals surface area contributed by atoms with Gasteiger partial charge in [-0.2, -0.15) is 4.31 Å². The second kappa shape index (κ2) is 9.45. The number of hydrogen-bond donors (Lipinski definition) is 1. The van der Waals surface area contributed by atoms with Crippen molar-refractivity contribution in [3.8, 4) is 0 Å². The lowest BCUT2D eigenvalue weighted by Crippen LogP contribution is -2.27. The Morgan fingerprint density at radius 1 is 0.871 bits per heavy atom. The second-order valence-corrected chi connectivity index (χ2v) is 9.92. The molecule has 0 unspecified atom stereocenters. The van der Waals surface area contributed by atoms with Gasteiger partial charge in [0.25, 0.3) is 5.91 Å². The second-order valence-electron chi connectivity index (χ2n) is 7.88. The van der Waals surface area contributed by atoms with Crippen LogP contribution in [-0.4, -0.2) is 25.7 Å². The smallest absolute Gasteiger partial charge is 0.251 e. The quantitative estimate of drug-likeness (QED) is 0.588. The molecule has 0 saturated heterocycles. The lowest BCUT2D eigenvalue weighted by Gasteiger charge is -2.18. The summed E-state index contributed by atoms with van der Waals surface area (Å²) in [5.74, 6) is -0.166. The van der Waals surface area contributed by atoms with Crippen LogP contribution in [0.3, 0.4) is 0 Å². The zero-order chi connectivity index (χ0) is 22.6. The molecule has 0 fully saturated rings. The van der Waals surface area contributed by atoms with Gasteiger partial charge in [-0.3, -0.25) is 4.79 Å². The van der Waals surface area contributed by atoms with E-state index < -0.39 is 10.0 Å². The van der Waals surface area contributed by atoms with E-state index in [1.165, 1.54) is 9.87 Å². The molecule has 0 heterocycles. The third kappa shape index (κ3) is 5.60. The summed E-state index contributed by atoms with van der Waals surface area (Å²) in [6.45, 7) is 6.11. The Balaban J connectivity index is 1.64. The highest BCUT2D eigenvalue weighted by Crippen LogP contribution is 2.18. The average Bonchev–Trinajstić information content (AvgIpc) is 2.75. The van der Waals surface area contributed by atoms with Crippen molar-refractivity contribution in [2.24, 2.45) is 0 Å². The third-order valence-corrected chi connectivity index (χ3v) is 7.09. The molecule has 0 aliphatic carbocycles. The number of nitrogens with zero attached hydrogens (tertiary/aromatic N) is 1. The summed E-state index contributed by atoms with van der Waals surface area (Å²) < 4.78 is 26.8. The molecule has 3 aromatic rings. The Bertz CT molecular complexity index is 1140. The Kier molecular flexibility index (Phi) is 6.93. The van der Waals surface area contributed by atoms with Gasteiger partial charge in [-0.25, -0.2) is 8.42 Å². The number of amides is 1. The molecule has 5 nitrogen and oxygen atoms in total. The summed E-state index contributed by atoms with van der Waals surface area (Å²) in [4.78, 5) is 12.8. The molecule has 0 radical (unpaired) electrons. The molecule has 31 heavy (non-hydrogen) atoms. The van der Waals surface area contributed by atoms with Crippen LogP contribution >= 0.6 is 0 Å². The van der Waals surface area contributed by atoms with E-state index >= 15 is 0 Å². The first-order valence-corrected chi connectivity index (χ1v) is 11.6. The van der Waals surface area contributed by atoms with Gasteiger partial charge in [-0.15, -0.1) is 0 Å². The van der Waals surface area contributed by atoms with E-state index in [1.807, 2.05) is 45.0 Å². The molecular weight excluding hydrogens is 408 g/mol. The highest BCUT2D eigenvalue weighted by Gasteiger charge is 2.21. The average molecular weight is 437 g/mol. The molecule has 0 bridgehead atoms. The number of aryl methyl sites for hydroxylation is 2. The molecule has 1 atom stereocenters. The molecule has 1 N–H and O–H groups in total. The minimum atomic E-state index is -3.58. The summed E-state index contributed by atoms with van der Waals surface area (Å²) in [5, 5.41) is 3.00. The van der Waals surface area contributed by atoms with Crippen molar-refractivity contribution < 1.29 is 13.2 Å². The van der Waals surface area contributed by atoms with E-state index in [0.29, 0.717) is 5.56 Å². The summed E-state index contributed by atoms with van der Waals surface area (Å²) in [7, 11) is -2.02. The van der Waals surface area contributed by atoms with Crippen molar-refractivity contribution in [2.75, 3.05) is 7.05 Å². The van der Waals surface area contributed by atoms with Gasteiger partial charge in [0, 0.05) is 19.2 Å². The number of sulfonamides is 1. The minimum Gasteiger partial charge on any atom is -0.346 e. The van der Waals surface area contributed by atoms with Gasteiger partial charge in [0.15, 0.2) is 0 Å². The largest absolute Gasteiger partial charge is 0.346 e. The highest BCUT2D eigenvalue weighted by molar-refractivity contribution is 7.89. The molecule has 3 rings (SSSR count). The van der Waals surface area contributed by atoms with E-state index in [4.69, 9.17) is 0 Å². The van der Waals surface area contributed by atoms with E-state index in [-0.39, 0.29) is 23.4 Å². The first-order chi connectivity index (χ1) is 14.7. The lowest BCUT2D eigenvalue weighted by molar-refractivity contribution is 0.0940. The maximum atomic E-state index is 12.8. The van der Waals surface area contributed by atoms with Crippen LogP contribution < -0.4 is 5.32 Å². The third-order valence-electron chi connectivity index (χ3n) is 5.28. The number of carbonyl (C=O) groups is 1. The van der Waals surface area contributed by atoms with Gasteiger partial charge in [-0.05, 0) is 56.2 Å². The number of benzene rings is 3. The Labute approximate surface area is 184 Å². The van der Waals surface area contributed by atoms with Crippen LogP contribution in [-0.2, 0) is 16.6 Å². The SMILES string of the molecule is Cc1ccc([C@@H](C)NC(=O)c2ccc(CN(C)S(=O)(=O)c3ccc(C)cc3)cc2)cc1. The van der Waals surface area contributed by atoms with Crippen LogP contribution in [0.2, 0.25) is 0 Å². The molecule has 162 valence electrons. The number of nitrogens with one attached hydrogen (secondary N) is 1. The minimum absolute atomic E-state index is 0.112. The van der Waals surface area contributed by atoms with Crippen molar-refractivity contribution in [1.82, 2.24) is 9.62 Å². The van der Waals surface area contributed by atoms with Crippen LogP contribution in [0.4, 0.5) is 0 Å². The van der Waals surface area contributed by atoms with Crippen LogP contribution in [0.5, 0.6) is 0 Å². The molecule has 3 aromatic carbocycles. The van der Waals surface area contributed by atoms with E-state index in [2.05, 4.69) is 5.32 Å². The van der Waals surface area contributed by atoms with Gasteiger partial charge >= 0.3 is 0 Å². The number of rotatable bonds is 7.